The third kappa shape index (κ3) is 4.20. The molecule has 1 unspecified atom stereocenters. The summed E-state index contributed by atoms with van der Waals surface area (Å²) >= 11 is 0. The molecular formula is C12H19N3O2. The quantitative estimate of drug-likeness (QED) is 0.678. The predicted molar refractivity (Wildman–Crippen MR) is 64.7 cm³/mol. The highest BCUT2D eigenvalue weighted by atomic mass is 16.5. The van der Waals surface area contributed by atoms with Crippen molar-refractivity contribution in [3.8, 4) is 0 Å². The molecule has 0 bridgehead atoms. The van der Waals surface area contributed by atoms with Gasteiger partial charge in [0.2, 0.25) is 5.91 Å². The molecule has 2 rings (SSSR count). The van der Waals surface area contributed by atoms with Gasteiger partial charge < -0.3 is 20.4 Å². The lowest BCUT2D eigenvalue weighted by molar-refractivity contribution is -0.124. The van der Waals surface area contributed by atoms with Gasteiger partial charge in [-0.2, -0.15) is 0 Å². The first kappa shape index (κ1) is 12.1. The van der Waals surface area contributed by atoms with Gasteiger partial charge in [0, 0.05) is 32.0 Å². The van der Waals surface area contributed by atoms with E-state index in [9.17, 15) is 4.79 Å². The summed E-state index contributed by atoms with van der Waals surface area (Å²) in [6.07, 6.45) is 5.16. The molecule has 5 nitrogen and oxygen atoms in total. The average molecular weight is 237 g/mol. The van der Waals surface area contributed by atoms with Gasteiger partial charge in [0.05, 0.1) is 19.1 Å². The average Bonchev–Trinajstić information content (AvgIpc) is 2.83. The Morgan fingerprint density at radius 3 is 3.24 bits per heavy atom. The van der Waals surface area contributed by atoms with Gasteiger partial charge in [0.15, 0.2) is 0 Å². The van der Waals surface area contributed by atoms with Crippen molar-refractivity contribution in [1.82, 2.24) is 15.6 Å². The number of amides is 1. The van der Waals surface area contributed by atoms with Crippen LogP contribution in [0.2, 0.25) is 0 Å². The fourth-order valence-corrected chi connectivity index (χ4v) is 1.89. The highest BCUT2D eigenvalue weighted by Crippen LogP contribution is 2.01. The van der Waals surface area contributed by atoms with E-state index in [-0.39, 0.29) is 12.0 Å². The van der Waals surface area contributed by atoms with E-state index >= 15 is 0 Å². The van der Waals surface area contributed by atoms with E-state index in [1.807, 2.05) is 18.5 Å². The van der Waals surface area contributed by atoms with Crippen LogP contribution in [-0.2, 0) is 16.0 Å². The molecule has 5 heteroatoms. The summed E-state index contributed by atoms with van der Waals surface area (Å²) in [4.78, 5) is 14.6. The monoisotopic (exact) mass is 237 g/mol. The van der Waals surface area contributed by atoms with Crippen LogP contribution in [0.5, 0.6) is 0 Å². The van der Waals surface area contributed by atoms with Crippen LogP contribution in [0.3, 0.4) is 0 Å². The number of aromatic amines is 1. The number of rotatable bonds is 5. The van der Waals surface area contributed by atoms with E-state index in [0.717, 1.165) is 19.5 Å². The number of nitrogens with one attached hydrogen (secondary N) is 3. The lowest BCUT2D eigenvalue weighted by Gasteiger charge is -2.23. The van der Waals surface area contributed by atoms with Crippen LogP contribution in [0.1, 0.15) is 12.0 Å². The SMILES string of the molecule is O=C(CC1CNCCO1)NCCc1cc[nH]c1. The van der Waals surface area contributed by atoms with E-state index in [1.54, 1.807) is 0 Å². The molecular weight excluding hydrogens is 218 g/mol. The predicted octanol–water partition coefficient (Wildman–Crippen LogP) is 0.0519. The summed E-state index contributed by atoms with van der Waals surface area (Å²) in [5, 5.41) is 6.12. The number of H-pyrrole nitrogens is 1. The van der Waals surface area contributed by atoms with Crippen molar-refractivity contribution in [3.05, 3.63) is 24.0 Å². The number of ether oxygens (including phenoxy) is 1. The molecule has 1 aromatic heterocycles. The largest absolute Gasteiger partial charge is 0.375 e. The summed E-state index contributed by atoms with van der Waals surface area (Å²) in [5.41, 5.74) is 1.21. The van der Waals surface area contributed by atoms with E-state index in [4.69, 9.17) is 4.74 Å². The Labute approximate surface area is 101 Å². The van der Waals surface area contributed by atoms with Gasteiger partial charge in [-0.05, 0) is 18.1 Å². The van der Waals surface area contributed by atoms with Crippen molar-refractivity contribution in [1.29, 1.82) is 0 Å². The first-order valence-corrected chi connectivity index (χ1v) is 6.05. The van der Waals surface area contributed by atoms with Crippen molar-refractivity contribution in [2.75, 3.05) is 26.2 Å². The Bertz CT molecular complexity index is 332. The molecule has 1 aromatic rings. The molecule has 1 amide bonds. The third-order valence-electron chi connectivity index (χ3n) is 2.82. The van der Waals surface area contributed by atoms with E-state index < -0.39 is 0 Å². The maximum atomic E-state index is 11.6. The van der Waals surface area contributed by atoms with Gasteiger partial charge in [-0.1, -0.05) is 0 Å². The Morgan fingerprint density at radius 2 is 2.53 bits per heavy atom. The summed E-state index contributed by atoms with van der Waals surface area (Å²) in [5.74, 6) is 0.0641. The van der Waals surface area contributed by atoms with Crippen LogP contribution >= 0.6 is 0 Å². The second kappa shape index (κ2) is 6.42. The van der Waals surface area contributed by atoms with Crippen LogP contribution in [0, 0.1) is 0 Å². The van der Waals surface area contributed by atoms with Gasteiger partial charge in [0.25, 0.3) is 0 Å². The Morgan fingerprint density at radius 1 is 1.59 bits per heavy atom. The lowest BCUT2D eigenvalue weighted by Crippen LogP contribution is -2.41. The molecule has 1 saturated heterocycles. The molecule has 0 aliphatic carbocycles. The highest BCUT2D eigenvalue weighted by Gasteiger charge is 2.16. The second-order valence-electron chi connectivity index (χ2n) is 4.22. The molecule has 1 atom stereocenters. The summed E-state index contributed by atoms with van der Waals surface area (Å²) in [7, 11) is 0. The molecule has 0 radical (unpaired) electrons. The van der Waals surface area contributed by atoms with Crippen LogP contribution in [0.25, 0.3) is 0 Å². The molecule has 17 heavy (non-hydrogen) atoms. The second-order valence-corrected chi connectivity index (χ2v) is 4.22. The molecule has 94 valence electrons. The zero-order chi connectivity index (χ0) is 11.9. The normalized spacial score (nSPS) is 20.1. The molecule has 3 N–H and O–H groups in total. The van der Waals surface area contributed by atoms with Crippen molar-refractivity contribution >= 4 is 5.91 Å². The van der Waals surface area contributed by atoms with E-state index in [0.29, 0.717) is 19.6 Å². The van der Waals surface area contributed by atoms with Crippen LogP contribution in [0.15, 0.2) is 18.5 Å². The minimum atomic E-state index is 0.0241. The van der Waals surface area contributed by atoms with Crippen LogP contribution < -0.4 is 10.6 Å². The lowest BCUT2D eigenvalue weighted by atomic mass is 10.2. The molecule has 1 aliphatic rings. The number of carbonyl (C=O) groups excluding carboxylic acids is 1. The van der Waals surface area contributed by atoms with Gasteiger partial charge in [-0.15, -0.1) is 0 Å². The number of hydrogen-bond acceptors (Lipinski definition) is 3. The fourth-order valence-electron chi connectivity index (χ4n) is 1.89. The Balaban J connectivity index is 1.60. The van der Waals surface area contributed by atoms with Gasteiger partial charge in [0.1, 0.15) is 0 Å². The molecule has 0 saturated carbocycles. The summed E-state index contributed by atoms with van der Waals surface area (Å²) in [6, 6.07) is 2.01. The first-order valence-electron chi connectivity index (χ1n) is 6.05. The fraction of sp³-hybridized carbons (Fsp3) is 0.583. The van der Waals surface area contributed by atoms with Gasteiger partial charge in [-0.3, -0.25) is 4.79 Å². The maximum absolute atomic E-state index is 11.6. The zero-order valence-electron chi connectivity index (χ0n) is 9.87. The number of carbonyl (C=O) groups is 1. The first-order chi connectivity index (χ1) is 8.34. The smallest absolute Gasteiger partial charge is 0.222 e. The zero-order valence-corrected chi connectivity index (χ0v) is 9.87. The maximum Gasteiger partial charge on any atom is 0.222 e. The molecule has 1 fully saturated rings. The van der Waals surface area contributed by atoms with Crippen LogP contribution in [-0.4, -0.2) is 43.2 Å². The summed E-state index contributed by atoms with van der Waals surface area (Å²) < 4.78 is 5.47. The molecule has 1 aliphatic heterocycles. The number of aromatic nitrogens is 1. The minimum absolute atomic E-state index is 0.0241. The third-order valence-corrected chi connectivity index (χ3v) is 2.82. The van der Waals surface area contributed by atoms with E-state index in [2.05, 4.69) is 15.6 Å². The molecule has 2 heterocycles. The van der Waals surface area contributed by atoms with Crippen molar-refractivity contribution in [2.45, 2.75) is 18.9 Å². The van der Waals surface area contributed by atoms with Crippen molar-refractivity contribution < 1.29 is 9.53 Å². The highest BCUT2D eigenvalue weighted by molar-refractivity contribution is 5.76. The van der Waals surface area contributed by atoms with Crippen molar-refractivity contribution in [2.24, 2.45) is 0 Å². The topological polar surface area (TPSA) is 66.2 Å². The minimum Gasteiger partial charge on any atom is -0.375 e. The van der Waals surface area contributed by atoms with Crippen LogP contribution in [0.4, 0.5) is 0 Å². The Hall–Kier alpha value is -1.33. The van der Waals surface area contributed by atoms with Gasteiger partial charge >= 0.3 is 0 Å². The number of morpholine rings is 1. The van der Waals surface area contributed by atoms with E-state index in [1.165, 1.54) is 5.56 Å². The summed E-state index contributed by atoms with van der Waals surface area (Å²) in [6.45, 7) is 3.02. The number of hydrogen-bond donors (Lipinski definition) is 3. The van der Waals surface area contributed by atoms with Gasteiger partial charge in [-0.25, -0.2) is 0 Å². The molecule has 0 aromatic carbocycles. The standard InChI is InChI=1S/C12H19N3O2/c16-12(7-11-9-14-5-6-17-11)15-4-2-10-1-3-13-8-10/h1,3,8,11,13-14H,2,4-7,9H2,(H,15,16). The van der Waals surface area contributed by atoms with Crippen molar-refractivity contribution in [3.63, 3.8) is 0 Å². The molecule has 0 spiro atoms. The Kier molecular flexibility index (Phi) is 4.58.